The van der Waals surface area contributed by atoms with E-state index in [9.17, 15) is 14.4 Å². The molecule has 0 unspecified atom stereocenters. The zero-order chi connectivity index (χ0) is 23.5. The molecule has 0 bridgehead atoms. The second-order valence-electron chi connectivity index (χ2n) is 7.40. The first-order valence-corrected chi connectivity index (χ1v) is 11.8. The maximum atomic E-state index is 13.0. The zero-order valence-electron chi connectivity index (χ0n) is 17.5. The number of benzene rings is 3. The van der Waals surface area contributed by atoms with Crippen LogP contribution in [0.1, 0.15) is 16.7 Å². The standard InChI is InChI=1S/C25H18BrIN2O4/c1-15-2-9-19(10-3-15)29-24(31)20(23(30)28-25(29)32)12-17-6-11-22(21(26)13-17)33-14-16-4-7-18(27)8-5-16/h2-13H,14H2,1H3,(H,28,30,32)/b20-12+. The Kier molecular flexibility index (Phi) is 6.94. The Morgan fingerprint density at radius 3 is 2.36 bits per heavy atom. The maximum Gasteiger partial charge on any atom is 0.335 e. The summed E-state index contributed by atoms with van der Waals surface area (Å²) in [5.74, 6) is -0.780. The summed E-state index contributed by atoms with van der Waals surface area (Å²) in [7, 11) is 0. The van der Waals surface area contributed by atoms with Crippen LogP contribution in [-0.4, -0.2) is 17.8 Å². The van der Waals surface area contributed by atoms with Gasteiger partial charge in [-0.05, 0) is 99.0 Å². The van der Waals surface area contributed by atoms with Gasteiger partial charge in [-0.25, -0.2) is 9.69 Å². The van der Waals surface area contributed by atoms with E-state index < -0.39 is 17.8 Å². The van der Waals surface area contributed by atoms with Crippen molar-refractivity contribution in [3.05, 3.63) is 97.0 Å². The van der Waals surface area contributed by atoms with Crippen molar-refractivity contribution in [3.63, 3.8) is 0 Å². The van der Waals surface area contributed by atoms with Crippen molar-refractivity contribution in [2.24, 2.45) is 0 Å². The Morgan fingerprint density at radius 2 is 1.70 bits per heavy atom. The van der Waals surface area contributed by atoms with Crippen LogP contribution in [-0.2, 0) is 16.2 Å². The minimum atomic E-state index is -0.772. The van der Waals surface area contributed by atoms with Crippen LogP contribution in [0.3, 0.4) is 0 Å². The van der Waals surface area contributed by atoms with Gasteiger partial charge in [0, 0.05) is 3.57 Å². The second kappa shape index (κ2) is 9.88. The number of barbiturate groups is 1. The van der Waals surface area contributed by atoms with Crippen LogP contribution >= 0.6 is 38.5 Å². The Labute approximate surface area is 212 Å². The third-order valence-corrected chi connectivity index (χ3v) is 6.31. The molecule has 0 saturated carbocycles. The van der Waals surface area contributed by atoms with Gasteiger partial charge < -0.3 is 4.74 Å². The normalized spacial score (nSPS) is 15.1. The summed E-state index contributed by atoms with van der Waals surface area (Å²) in [6.45, 7) is 2.31. The third-order valence-electron chi connectivity index (χ3n) is 4.97. The van der Waals surface area contributed by atoms with Crippen LogP contribution in [0.2, 0.25) is 0 Å². The van der Waals surface area contributed by atoms with Gasteiger partial charge >= 0.3 is 6.03 Å². The summed E-state index contributed by atoms with van der Waals surface area (Å²) < 4.78 is 7.71. The molecule has 3 aromatic carbocycles. The van der Waals surface area contributed by atoms with Crippen molar-refractivity contribution < 1.29 is 19.1 Å². The molecule has 1 aliphatic rings. The fourth-order valence-electron chi connectivity index (χ4n) is 3.22. The Bertz CT molecular complexity index is 1270. The summed E-state index contributed by atoms with van der Waals surface area (Å²) in [6.07, 6.45) is 1.46. The number of nitrogens with zero attached hydrogens (tertiary/aromatic N) is 1. The molecule has 0 aromatic heterocycles. The molecule has 0 radical (unpaired) electrons. The molecular formula is C25H18BrIN2O4. The first-order valence-electron chi connectivity index (χ1n) is 9.97. The number of ether oxygens (including phenoxy) is 1. The quantitative estimate of drug-likeness (QED) is 0.230. The average Bonchev–Trinajstić information content (AvgIpc) is 2.78. The highest BCUT2D eigenvalue weighted by molar-refractivity contribution is 14.1. The van der Waals surface area contributed by atoms with Crippen molar-refractivity contribution in [2.75, 3.05) is 4.90 Å². The van der Waals surface area contributed by atoms with E-state index in [1.54, 1.807) is 42.5 Å². The van der Waals surface area contributed by atoms with Gasteiger partial charge in [0.05, 0.1) is 10.2 Å². The molecular weight excluding hydrogens is 599 g/mol. The lowest BCUT2D eigenvalue weighted by atomic mass is 10.1. The first kappa shape index (κ1) is 23.2. The molecule has 4 amide bonds. The van der Waals surface area contributed by atoms with Gasteiger partial charge in [-0.2, -0.15) is 0 Å². The summed E-state index contributed by atoms with van der Waals surface area (Å²) >= 11 is 5.74. The topological polar surface area (TPSA) is 75.7 Å². The van der Waals surface area contributed by atoms with Gasteiger partial charge in [-0.3, -0.25) is 14.9 Å². The summed E-state index contributed by atoms with van der Waals surface area (Å²) in [4.78, 5) is 38.7. The van der Waals surface area contributed by atoms with E-state index in [1.165, 1.54) is 6.08 Å². The molecule has 4 rings (SSSR count). The molecule has 8 heteroatoms. The molecule has 1 fully saturated rings. The van der Waals surface area contributed by atoms with Crippen LogP contribution in [0.15, 0.2) is 76.8 Å². The smallest absolute Gasteiger partial charge is 0.335 e. The number of rotatable bonds is 5. The number of hydrogen-bond acceptors (Lipinski definition) is 4. The van der Waals surface area contributed by atoms with Crippen molar-refractivity contribution in [1.82, 2.24) is 5.32 Å². The number of amides is 4. The molecule has 1 aliphatic heterocycles. The number of urea groups is 1. The zero-order valence-corrected chi connectivity index (χ0v) is 21.2. The van der Waals surface area contributed by atoms with Gasteiger partial charge in [0.25, 0.3) is 11.8 Å². The predicted octanol–water partition coefficient (Wildman–Crippen LogP) is 5.61. The van der Waals surface area contributed by atoms with Gasteiger partial charge in [-0.15, -0.1) is 0 Å². The summed E-state index contributed by atoms with van der Waals surface area (Å²) in [5, 5.41) is 2.23. The molecule has 0 aliphatic carbocycles. The number of aryl methyl sites for hydroxylation is 1. The average molecular weight is 617 g/mol. The van der Waals surface area contributed by atoms with Crippen LogP contribution in [0.5, 0.6) is 5.75 Å². The molecule has 6 nitrogen and oxygen atoms in total. The highest BCUT2D eigenvalue weighted by Crippen LogP contribution is 2.29. The summed E-state index contributed by atoms with van der Waals surface area (Å²) in [5.41, 5.74) is 2.90. The molecule has 166 valence electrons. The Balaban J connectivity index is 1.55. The highest BCUT2D eigenvalue weighted by Gasteiger charge is 2.36. The molecule has 3 aromatic rings. The number of carbonyl (C=O) groups is 3. The van der Waals surface area contributed by atoms with E-state index in [0.717, 1.165) is 19.6 Å². The van der Waals surface area contributed by atoms with Crippen molar-refractivity contribution >= 4 is 68.1 Å². The number of halogens is 2. The molecule has 1 N–H and O–H groups in total. The predicted molar refractivity (Wildman–Crippen MR) is 138 cm³/mol. The van der Waals surface area contributed by atoms with Crippen LogP contribution in [0, 0.1) is 10.5 Å². The van der Waals surface area contributed by atoms with E-state index in [1.807, 2.05) is 31.2 Å². The second-order valence-corrected chi connectivity index (χ2v) is 9.50. The lowest BCUT2D eigenvalue weighted by Gasteiger charge is -2.26. The molecule has 33 heavy (non-hydrogen) atoms. The minimum absolute atomic E-state index is 0.130. The summed E-state index contributed by atoms with van der Waals surface area (Å²) in [6, 6.07) is 19.4. The number of imide groups is 2. The monoisotopic (exact) mass is 616 g/mol. The van der Waals surface area contributed by atoms with Gasteiger partial charge in [-0.1, -0.05) is 35.9 Å². The van der Waals surface area contributed by atoms with Crippen LogP contribution < -0.4 is 15.0 Å². The Hall–Kier alpha value is -2.98. The van der Waals surface area contributed by atoms with E-state index in [-0.39, 0.29) is 5.57 Å². The Morgan fingerprint density at radius 1 is 1.00 bits per heavy atom. The first-order chi connectivity index (χ1) is 15.8. The lowest BCUT2D eigenvalue weighted by molar-refractivity contribution is -0.122. The van der Waals surface area contributed by atoms with E-state index in [4.69, 9.17) is 4.74 Å². The van der Waals surface area contributed by atoms with Crippen molar-refractivity contribution in [3.8, 4) is 5.75 Å². The van der Waals surface area contributed by atoms with Crippen molar-refractivity contribution in [1.29, 1.82) is 0 Å². The van der Waals surface area contributed by atoms with Gasteiger partial charge in [0.1, 0.15) is 17.9 Å². The fourth-order valence-corrected chi connectivity index (χ4v) is 4.09. The number of anilines is 1. The van der Waals surface area contributed by atoms with E-state index in [0.29, 0.717) is 28.1 Å². The van der Waals surface area contributed by atoms with Gasteiger partial charge in [0.2, 0.25) is 0 Å². The number of carbonyl (C=O) groups excluding carboxylic acids is 3. The fraction of sp³-hybridized carbons (Fsp3) is 0.0800. The van der Waals surface area contributed by atoms with Crippen LogP contribution in [0.4, 0.5) is 10.5 Å². The van der Waals surface area contributed by atoms with Crippen molar-refractivity contribution in [2.45, 2.75) is 13.5 Å². The largest absolute Gasteiger partial charge is 0.488 e. The minimum Gasteiger partial charge on any atom is -0.488 e. The SMILES string of the molecule is Cc1ccc(N2C(=O)NC(=O)/C(=C\c3ccc(OCc4ccc(I)cc4)c(Br)c3)C2=O)cc1. The maximum absolute atomic E-state index is 13.0. The van der Waals surface area contributed by atoms with E-state index in [2.05, 4.69) is 43.8 Å². The van der Waals surface area contributed by atoms with Gasteiger partial charge in [0.15, 0.2) is 0 Å². The number of nitrogens with one attached hydrogen (secondary N) is 1. The third kappa shape index (κ3) is 5.33. The number of hydrogen-bond donors (Lipinski definition) is 1. The van der Waals surface area contributed by atoms with Crippen LogP contribution in [0.25, 0.3) is 6.08 Å². The van der Waals surface area contributed by atoms with E-state index >= 15 is 0 Å². The molecule has 0 atom stereocenters. The molecule has 0 spiro atoms. The molecule has 1 heterocycles. The highest BCUT2D eigenvalue weighted by atomic mass is 127. The molecule has 1 saturated heterocycles. The lowest BCUT2D eigenvalue weighted by Crippen LogP contribution is -2.54.